The Bertz CT molecular complexity index is 690. The van der Waals surface area contributed by atoms with Crippen LogP contribution in [0.4, 0.5) is 0 Å². The minimum absolute atomic E-state index is 0.0296. The fourth-order valence-corrected chi connectivity index (χ4v) is 2.66. The summed E-state index contributed by atoms with van der Waals surface area (Å²) in [5.74, 6) is 0.734. The number of carbonyl (C=O) groups excluding carboxylic acids is 1. The Morgan fingerprint density at radius 3 is 2.89 bits per heavy atom. The first-order valence-corrected chi connectivity index (χ1v) is 9.08. The number of amides is 1. The zero-order chi connectivity index (χ0) is 19.5. The molecule has 1 aromatic carbocycles. The van der Waals surface area contributed by atoms with E-state index in [2.05, 4.69) is 5.32 Å². The molecule has 27 heavy (non-hydrogen) atoms. The number of methoxy groups -OCH3 is 1. The molecule has 2 rings (SSSR count). The van der Waals surface area contributed by atoms with Crippen molar-refractivity contribution in [1.29, 1.82) is 5.26 Å². The summed E-state index contributed by atoms with van der Waals surface area (Å²) in [6, 6.07) is 7.23. The summed E-state index contributed by atoms with van der Waals surface area (Å²) >= 11 is 0. The Balaban J connectivity index is 2.07. The lowest BCUT2D eigenvalue weighted by molar-refractivity contribution is -0.117. The lowest BCUT2D eigenvalue weighted by Gasteiger charge is -2.13. The molecule has 0 aromatic heterocycles. The molecule has 0 aliphatic carbocycles. The quantitative estimate of drug-likeness (QED) is 0.384. The predicted molar refractivity (Wildman–Crippen MR) is 101 cm³/mol. The second kappa shape index (κ2) is 11.2. The SMILES string of the molecule is CCOc1cc(/C=C(\C#N)C(=O)NC[C@@H]2CCCO2)ccc1OCCOC. The molecule has 1 N–H and O–H groups in total. The van der Waals surface area contributed by atoms with Crippen molar-refractivity contribution in [2.24, 2.45) is 0 Å². The zero-order valence-corrected chi connectivity index (χ0v) is 15.8. The third kappa shape index (κ3) is 6.59. The maximum Gasteiger partial charge on any atom is 0.262 e. The van der Waals surface area contributed by atoms with Crippen LogP contribution in [0.1, 0.15) is 25.3 Å². The van der Waals surface area contributed by atoms with Crippen molar-refractivity contribution in [1.82, 2.24) is 5.32 Å². The first-order chi connectivity index (χ1) is 13.2. The van der Waals surface area contributed by atoms with Gasteiger partial charge in [0.05, 0.1) is 19.3 Å². The van der Waals surface area contributed by atoms with Gasteiger partial charge in [-0.2, -0.15) is 5.26 Å². The molecule has 0 saturated carbocycles. The van der Waals surface area contributed by atoms with Gasteiger partial charge in [-0.3, -0.25) is 4.79 Å². The Labute approximate surface area is 159 Å². The topological polar surface area (TPSA) is 89.8 Å². The lowest BCUT2D eigenvalue weighted by atomic mass is 10.1. The van der Waals surface area contributed by atoms with Gasteiger partial charge in [0, 0.05) is 20.3 Å². The molecule has 1 aliphatic heterocycles. The Morgan fingerprint density at radius 2 is 2.22 bits per heavy atom. The third-order valence-electron chi connectivity index (χ3n) is 4.00. The highest BCUT2D eigenvalue weighted by Gasteiger charge is 2.17. The predicted octanol–water partition coefficient (Wildman–Crippen LogP) is 2.31. The van der Waals surface area contributed by atoms with Crippen molar-refractivity contribution in [2.75, 3.05) is 40.1 Å². The highest BCUT2D eigenvalue weighted by molar-refractivity contribution is 6.01. The van der Waals surface area contributed by atoms with Gasteiger partial charge in [0.15, 0.2) is 11.5 Å². The van der Waals surface area contributed by atoms with Crippen molar-refractivity contribution in [2.45, 2.75) is 25.9 Å². The second-order valence-electron chi connectivity index (χ2n) is 6.00. The van der Waals surface area contributed by atoms with Crippen LogP contribution in [0.2, 0.25) is 0 Å². The number of hydrogen-bond donors (Lipinski definition) is 1. The van der Waals surface area contributed by atoms with E-state index in [0.717, 1.165) is 19.4 Å². The van der Waals surface area contributed by atoms with Crippen LogP contribution in [0.15, 0.2) is 23.8 Å². The fourth-order valence-electron chi connectivity index (χ4n) is 2.66. The van der Waals surface area contributed by atoms with Crippen LogP contribution in [0.3, 0.4) is 0 Å². The molecule has 1 aliphatic rings. The van der Waals surface area contributed by atoms with Crippen LogP contribution in [0, 0.1) is 11.3 Å². The van der Waals surface area contributed by atoms with Crippen LogP contribution < -0.4 is 14.8 Å². The maximum absolute atomic E-state index is 12.3. The van der Waals surface area contributed by atoms with Gasteiger partial charge in [0.2, 0.25) is 0 Å². The summed E-state index contributed by atoms with van der Waals surface area (Å²) < 4.78 is 21.7. The molecule has 1 saturated heterocycles. The minimum Gasteiger partial charge on any atom is -0.490 e. The van der Waals surface area contributed by atoms with E-state index in [9.17, 15) is 10.1 Å². The minimum atomic E-state index is -0.411. The molecular formula is C20H26N2O5. The van der Waals surface area contributed by atoms with Crippen molar-refractivity contribution < 1.29 is 23.7 Å². The summed E-state index contributed by atoms with van der Waals surface area (Å²) in [5.41, 5.74) is 0.713. The van der Waals surface area contributed by atoms with Crippen molar-refractivity contribution in [3.8, 4) is 17.6 Å². The summed E-state index contributed by atoms with van der Waals surface area (Å²) in [4.78, 5) is 12.3. The number of carbonyl (C=O) groups is 1. The summed E-state index contributed by atoms with van der Waals surface area (Å²) in [6.07, 6.45) is 3.49. The first kappa shape index (κ1) is 20.7. The molecular weight excluding hydrogens is 348 g/mol. The van der Waals surface area contributed by atoms with Gasteiger partial charge in [-0.1, -0.05) is 6.07 Å². The smallest absolute Gasteiger partial charge is 0.262 e. The van der Waals surface area contributed by atoms with Crippen LogP contribution >= 0.6 is 0 Å². The summed E-state index contributed by atoms with van der Waals surface area (Å²) in [5, 5.41) is 12.1. The molecule has 1 fully saturated rings. The molecule has 7 nitrogen and oxygen atoms in total. The number of ether oxygens (including phenoxy) is 4. The van der Waals surface area contributed by atoms with E-state index in [1.54, 1.807) is 25.3 Å². The van der Waals surface area contributed by atoms with Gasteiger partial charge in [-0.25, -0.2) is 0 Å². The molecule has 0 unspecified atom stereocenters. The number of nitrogens with one attached hydrogen (secondary N) is 1. The van der Waals surface area contributed by atoms with E-state index < -0.39 is 5.91 Å². The monoisotopic (exact) mass is 374 g/mol. The Kier molecular flexibility index (Phi) is 8.62. The molecule has 0 bridgehead atoms. The number of nitrogens with zero attached hydrogens (tertiary/aromatic N) is 1. The van der Waals surface area contributed by atoms with Crippen LogP contribution in [-0.2, 0) is 14.3 Å². The molecule has 0 spiro atoms. The van der Waals surface area contributed by atoms with Gasteiger partial charge in [0.1, 0.15) is 18.2 Å². The highest BCUT2D eigenvalue weighted by Crippen LogP contribution is 2.29. The third-order valence-corrected chi connectivity index (χ3v) is 4.00. The summed E-state index contributed by atoms with van der Waals surface area (Å²) in [6.45, 7) is 4.35. The van der Waals surface area contributed by atoms with Gasteiger partial charge in [0.25, 0.3) is 5.91 Å². The van der Waals surface area contributed by atoms with Crippen molar-refractivity contribution in [3.63, 3.8) is 0 Å². The van der Waals surface area contributed by atoms with E-state index >= 15 is 0 Å². The number of nitriles is 1. The largest absolute Gasteiger partial charge is 0.490 e. The number of rotatable bonds is 10. The normalized spacial score (nSPS) is 16.6. The van der Waals surface area contributed by atoms with Gasteiger partial charge in [-0.15, -0.1) is 0 Å². The van der Waals surface area contributed by atoms with Crippen LogP contribution in [-0.4, -0.2) is 52.1 Å². The lowest BCUT2D eigenvalue weighted by Crippen LogP contribution is -2.32. The Hall–Kier alpha value is -2.56. The zero-order valence-electron chi connectivity index (χ0n) is 15.8. The molecule has 1 amide bonds. The Morgan fingerprint density at radius 1 is 1.37 bits per heavy atom. The summed E-state index contributed by atoms with van der Waals surface area (Å²) in [7, 11) is 1.61. The average molecular weight is 374 g/mol. The van der Waals surface area contributed by atoms with E-state index in [0.29, 0.717) is 43.4 Å². The number of hydrogen-bond acceptors (Lipinski definition) is 6. The fraction of sp³-hybridized carbons (Fsp3) is 0.500. The average Bonchev–Trinajstić information content (AvgIpc) is 3.19. The molecule has 0 radical (unpaired) electrons. The molecule has 1 aromatic rings. The van der Waals surface area contributed by atoms with Gasteiger partial charge >= 0.3 is 0 Å². The van der Waals surface area contributed by atoms with E-state index in [1.165, 1.54) is 6.08 Å². The van der Waals surface area contributed by atoms with E-state index in [4.69, 9.17) is 18.9 Å². The number of benzene rings is 1. The first-order valence-electron chi connectivity index (χ1n) is 9.08. The maximum atomic E-state index is 12.3. The van der Waals surface area contributed by atoms with Crippen LogP contribution in [0.5, 0.6) is 11.5 Å². The van der Waals surface area contributed by atoms with Gasteiger partial charge in [-0.05, 0) is 43.5 Å². The van der Waals surface area contributed by atoms with E-state index in [-0.39, 0.29) is 11.7 Å². The molecule has 1 heterocycles. The van der Waals surface area contributed by atoms with Crippen LogP contribution in [0.25, 0.3) is 6.08 Å². The van der Waals surface area contributed by atoms with Crippen molar-refractivity contribution in [3.05, 3.63) is 29.3 Å². The second-order valence-corrected chi connectivity index (χ2v) is 6.00. The van der Waals surface area contributed by atoms with Gasteiger partial charge < -0.3 is 24.3 Å². The standard InChI is InChI=1S/C20H26N2O5/c1-3-25-19-12-15(6-7-18(19)27-10-9-24-2)11-16(13-21)20(23)22-14-17-5-4-8-26-17/h6-7,11-12,17H,3-5,8-10,14H2,1-2H3,(H,22,23)/b16-11+/t17-/m0/s1. The highest BCUT2D eigenvalue weighted by atomic mass is 16.5. The van der Waals surface area contributed by atoms with Crippen molar-refractivity contribution >= 4 is 12.0 Å². The molecule has 146 valence electrons. The molecule has 7 heteroatoms. The molecule has 1 atom stereocenters. The van der Waals surface area contributed by atoms with E-state index in [1.807, 2.05) is 13.0 Å².